The molecule has 0 unspecified atom stereocenters. The number of nitrogen functional groups attached to an aromatic ring is 1. The number of carbonyl (C=O) groups excluding carboxylic acids is 1. The van der Waals surface area contributed by atoms with Gasteiger partial charge >= 0.3 is 0 Å². The van der Waals surface area contributed by atoms with E-state index in [0.717, 1.165) is 13.1 Å². The molecule has 0 bridgehead atoms. The van der Waals surface area contributed by atoms with Gasteiger partial charge in [0.05, 0.1) is 5.60 Å². The molecule has 0 atom stereocenters. The number of carbonyl (C=O) groups is 1. The van der Waals surface area contributed by atoms with Crippen LogP contribution < -0.4 is 5.73 Å². The minimum Gasteiger partial charge on any atom is -0.398 e. The molecule has 2 rings (SSSR count). The van der Waals surface area contributed by atoms with E-state index in [9.17, 15) is 9.90 Å². The molecule has 0 radical (unpaired) electrons. The first-order chi connectivity index (χ1) is 10.0. The van der Waals surface area contributed by atoms with E-state index in [4.69, 9.17) is 17.3 Å². The number of piperidine rings is 1. The number of Topliss-reactive ketones (excluding diaryl/α,β-unsaturated/α-hetero) is 1. The Hall–Kier alpha value is -1.10. The summed E-state index contributed by atoms with van der Waals surface area (Å²) in [5.41, 5.74) is 5.80. The van der Waals surface area contributed by atoms with Gasteiger partial charge in [-0.3, -0.25) is 4.79 Å². The van der Waals surface area contributed by atoms with Gasteiger partial charge in [-0.1, -0.05) is 32.4 Å². The Kier molecular flexibility index (Phi) is 4.58. The smallest absolute Gasteiger partial charge is 0.170 e. The Morgan fingerprint density at radius 3 is 2.36 bits per heavy atom. The second-order valence-corrected chi connectivity index (χ2v) is 7.77. The zero-order valence-electron chi connectivity index (χ0n) is 13.7. The summed E-state index contributed by atoms with van der Waals surface area (Å²) < 4.78 is 0. The second-order valence-electron chi connectivity index (χ2n) is 7.33. The topological polar surface area (TPSA) is 66.6 Å². The molecule has 0 saturated carbocycles. The molecule has 122 valence electrons. The minimum atomic E-state index is -1.05. The number of hydrogen-bond acceptors (Lipinski definition) is 4. The molecule has 1 aromatic carbocycles. The van der Waals surface area contributed by atoms with Crippen LogP contribution in [0.2, 0.25) is 5.02 Å². The number of likely N-dealkylation sites (tertiary alicyclic amines) is 1. The monoisotopic (exact) mass is 324 g/mol. The summed E-state index contributed by atoms with van der Waals surface area (Å²) in [6.45, 7) is 7.10. The molecule has 4 nitrogen and oxygen atoms in total. The summed E-state index contributed by atoms with van der Waals surface area (Å²) in [5, 5.41) is 11.6. The Balaban J connectivity index is 2.57. The fourth-order valence-corrected chi connectivity index (χ4v) is 3.11. The van der Waals surface area contributed by atoms with Crippen LogP contribution in [0.15, 0.2) is 12.1 Å². The molecule has 0 spiro atoms. The van der Waals surface area contributed by atoms with Crippen LogP contribution in [0, 0.1) is 5.41 Å². The molecule has 3 N–H and O–H groups in total. The molecule has 0 aliphatic carbocycles. The van der Waals surface area contributed by atoms with Gasteiger partial charge in [-0.2, -0.15) is 0 Å². The summed E-state index contributed by atoms with van der Waals surface area (Å²) in [5.74, 6) is -0.0657. The van der Waals surface area contributed by atoms with Gasteiger partial charge in [0.1, 0.15) is 0 Å². The van der Waals surface area contributed by atoms with Crippen molar-refractivity contribution in [1.29, 1.82) is 0 Å². The number of anilines is 1. The van der Waals surface area contributed by atoms with Crippen molar-refractivity contribution in [2.24, 2.45) is 5.41 Å². The third-order valence-electron chi connectivity index (χ3n) is 4.36. The van der Waals surface area contributed by atoms with Gasteiger partial charge in [0, 0.05) is 34.8 Å². The number of ketones is 1. The van der Waals surface area contributed by atoms with Gasteiger partial charge in [0.2, 0.25) is 0 Å². The van der Waals surface area contributed by atoms with E-state index in [0.29, 0.717) is 34.7 Å². The zero-order chi connectivity index (χ0) is 16.7. The normalized spacial score (nSPS) is 19.2. The van der Waals surface area contributed by atoms with Gasteiger partial charge in [-0.05, 0) is 37.6 Å². The lowest BCUT2D eigenvalue weighted by Gasteiger charge is -2.38. The van der Waals surface area contributed by atoms with Crippen molar-refractivity contribution in [1.82, 2.24) is 4.90 Å². The third-order valence-corrected chi connectivity index (χ3v) is 4.58. The van der Waals surface area contributed by atoms with Crippen LogP contribution >= 0.6 is 11.6 Å². The quantitative estimate of drug-likeness (QED) is 0.648. The number of hydrogen-bond donors (Lipinski definition) is 2. The zero-order valence-corrected chi connectivity index (χ0v) is 14.5. The Morgan fingerprint density at radius 1 is 1.32 bits per heavy atom. The molecule has 1 aliphatic heterocycles. The van der Waals surface area contributed by atoms with E-state index in [2.05, 4.69) is 4.90 Å². The average Bonchev–Trinajstić information content (AvgIpc) is 2.40. The van der Waals surface area contributed by atoms with Crippen molar-refractivity contribution in [2.45, 2.75) is 39.2 Å². The van der Waals surface area contributed by atoms with Crippen LogP contribution in [0.5, 0.6) is 0 Å². The molecular weight excluding hydrogens is 300 g/mol. The van der Waals surface area contributed by atoms with Gasteiger partial charge < -0.3 is 15.7 Å². The van der Waals surface area contributed by atoms with Gasteiger partial charge in [0.15, 0.2) is 5.78 Å². The first-order valence-corrected chi connectivity index (χ1v) is 7.97. The molecule has 1 aliphatic rings. The van der Waals surface area contributed by atoms with Crippen molar-refractivity contribution in [3.05, 3.63) is 28.3 Å². The van der Waals surface area contributed by atoms with E-state index in [1.807, 2.05) is 27.8 Å². The van der Waals surface area contributed by atoms with E-state index < -0.39 is 11.0 Å². The van der Waals surface area contributed by atoms with Crippen molar-refractivity contribution in [3.8, 4) is 0 Å². The Labute approximate surface area is 137 Å². The molecule has 0 amide bonds. The number of nitrogens with two attached hydrogens (primary N) is 1. The lowest BCUT2D eigenvalue weighted by molar-refractivity contribution is -0.0209. The van der Waals surface area contributed by atoms with E-state index in [1.165, 1.54) is 0 Å². The fourth-order valence-electron chi connectivity index (χ4n) is 2.88. The molecule has 1 heterocycles. The fraction of sp³-hybridized carbons (Fsp3) is 0.588. The number of halogens is 1. The maximum Gasteiger partial charge on any atom is 0.170 e. The van der Waals surface area contributed by atoms with Crippen molar-refractivity contribution >= 4 is 23.1 Å². The molecule has 0 aromatic heterocycles. The second kappa shape index (κ2) is 5.84. The van der Waals surface area contributed by atoms with E-state index in [-0.39, 0.29) is 5.78 Å². The molecule has 1 fully saturated rings. The molecule has 22 heavy (non-hydrogen) atoms. The van der Waals surface area contributed by atoms with Crippen molar-refractivity contribution < 1.29 is 9.90 Å². The highest BCUT2D eigenvalue weighted by atomic mass is 35.5. The van der Waals surface area contributed by atoms with Gasteiger partial charge in [0.25, 0.3) is 0 Å². The highest BCUT2D eigenvalue weighted by molar-refractivity contribution is 6.31. The highest BCUT2D eigenvalue weighted by Crippen LogP contribution is 2.40. The highest BCUT2D eigenvalue weighted by Gasteiger charge is 2.39. The number of aliphatic hydroxyl groups is 1. The van der Waals surface area contributed by atoms with Crippen LogP contribution in [0.25, 0.3) is 0 Å². The van der Waals surface area contributed by atoms with Crippen molar-refractivity contribution in [2.75, 3.05) is 25.9 Å². The molecule has 1 saturated heterocycles. The van der Waals surface area contributed by atoms with E-state index >= 15 is 0 Å². The molecular formula is C17H25ClN2O2. The number of nitrogens with zero attached hydrogens (tertiary/aromatic N) is 1. The van der Waals surface area contributed by atoms with Gasteiger partial charge in [-0.25, -0.2) is 0 Å². The summed E-state index contributed by atoms with van der Waals surface area (Å²) >= 11 is 6.14. The lowest BCUT2D eigenvalue weighted by atomic mass is 9.76. The predicted octanol–water partition coefficient (Wildman–Crippen LogP) is 3.06. The predicted molar refractivity (Wildman–Crippen MR) is 90.3 cm³/mol. The maximum absolute atomic E-state index is 12.8. The number of benzene rings is 1. The third kappa shape index (κ3) is 3.29. The average molecular weight is 325 g/mol. The molecule has 1 aromatic rings. The summed E-state index contributed by atoms with van der Waals surface area (Å²) in [6.07, 6.45) is 1.13. The first kappa shape index (κ1) is 17.3. The summed E-state index contributed by atoms with van der Waals surface area (Å²) in [7, 11) is 2.02. The summed E-state index contributed by atoms with van der Waals surface area (Å²) in [6, 6.07) is 3.28. The van der Waals surface area contributed by atoms with Gasteiger partial charge in [-0.15, -0.1) is 0 Å². The Morgan fingerprint density at radius 2 is 1.86 bits per heavy atom. The maximum atomic E-state index is 12.8. The minimum absolute atomic E-state index is 0.0657. The largest absolute Gasteiger partial charge is 0.398 e. The first-order valence-electron chi connectivity index (χ1n) is 7.60. The standard InChI is InChI=1S/C17H25ClN2O2/c1-16(2,3)15(21)14-12(9-11(18)10-13(14)19)17(22)5-7-20(4)8-6-17/h9-10,22H,5-8,19H2,1-4H3. The number of rotatable bonds is 2. The van der Waals surface area contributed by atoms with Crippen LogP contribution in [-0.4, -0.2) is 35.9 Å². The summed E-state index contributed by atoms with van der Waals surface area (Å²) in [4.78, 5) is 15.0. The Bertz CT molecular complexity index is 585. The SMILES string of the molecule is CN1CCC(O)(c2cc(Cl)cc(N)c2C(=O)C(C)(C)C)CC1. The van der Waals surface area contributed by atoms with Crippen LogP contribution in [0.1, 0.15) is 49.5 Å². The molecule has 5 heteroatoms. The van der Waals surface area contributed by atoms with Crippen molar-refractivity contribution in [3.63, 3.8) is 0 Å². The van der Waals surface area contributed by atoms with Crippen LogP contribution in [0.3, 0.4) is 0 Å². The van der Waals surface area contributed by atoms with E-state index in [1.54, 1.807) is 12.1 Å². The lowest BCUT2D eigenvalue weighted by Crippen LogP contribution is -2.42. The van der Waals surface area contributed by atoms with Crippen LogP contribution in [-0.2, 0) is 5.60 Å². The van der Waals surface area contributed by atoms with Crippen LogP contribution in [0.4, 0.5) is 5.69 Å².